The second-order valence-electron chi connectivity index (χ2n) is 0. The van der Waals surface area contributed by atoms with Crippen LogP contribution in [0, 0.1) is 0 Å². The van der Waals surface area contributed by atoms with Gasteiger partial charge in [-0.15, -0.1) is 0 Å². The first-order valence-corrected chi connectivity index (χ1v) is 0. The standard InChI is InChI=1S/52H2O.2Ti/h52*1H2;;. The van der Waals surface area contributed by atoms with Crippen LogP contribution < -0.4 is 0 Å². The Labute approximate surface area is 328 Å². The first kappa shape index (κ1) is 345000. The maximum Gasteiger partial charge on any atom is 0 e. The molecule has 424 valence electrons. The first-order valence-electron chi connectivity index (χ1n) is 0. The molecule has 0 unspecified atom stereocenters. The molecule has 0 saturated heterocycles. The van der Waals surface area contributed by atoms with E-state index in [1.54, 1.807) is 0 Å². The van der Waals surface area contributed by atoms with Gasteiger partial charge in [-0.3, -0.25) is 0 Å². The fourth-order valence-corrected chi connectivity index (χ4v) is 0. The van der Waals surface area contributed by atoms with Gasteiger partial charge in [0, 0.05) is 43.4 Å². The number of hydrogen-bond donors (Lipinski definition) is 0. The zero-order chi connectivity index (χ0) is 0. The molecule has 104 N–H and O–H groups in total. The summed E-state index contributed by atoms with van der Waals surface area (Å²) in [4.78, 5) is 0. The molecule has 0 aromatic rings. The summed E-state index contributed by atoms with van der Waals surface area (Å²) >= 11 is 0. The molecule has 0 aromatic carbocycles. The van der Waals surface area contributed by atoms with Crippen molar-refractivity contribution in [3.8, 4) is 0 Å². The van der Waals surface area contributed by atoms with Gasteiger partial charge in [-0.05, 0) is 0 Å². The molecule has 0 aliphatic carbocycles. The van der Waals surface area contributed by atoms with Crippen molar-refractivity contribution in [1.29, 1.82) is 0 Å². The van der Waals surface area contributed by atoms with Crippen LogP contribution in [0.1, 0.15) is 0 Å². The van der Waals surface area contributed by atoms with E-state index < -0.39 is 0 Å². The van der Waals surface area contributed by atoms with Crippen LogP contribution in [0.15, 0.2) is 0 Å². The summed E-state index contributed by atoms with van der Waals surface area (Å²) in [7, 11) is 0. The van der Waals surface area contributed by atoms with Gasteiger partial charge in [0.05, 0.1) is 0 Å². The van der Waals surface area contributed by atoms with Crippen LogP contribution in [0.4, 0.5) is 0 Å². The molecule has 0 aliphatic heterocycles. The zero-order valence-corrected chi connectivity index (χ0v) is 30.1. The Hall–Kier alpha value is -0.651. The van der Waals surface area contributed by atoms with Crippen molar-refractivity contribution < 1.29 is 328 Å². The van der Waals surface area contributed by atoms with E-state index in [4.69, 9.17) is 0 Å². The van der Waals surface area contributed by atoms with Crippen molar-refractivity contribution in [2.24, 2.45) is 0 Å². The monoisotopic (exact) mass is 1030 g/mol. The molecule has 54 heteroatoms. The SMILES string of the molecule is O.O.O.O.O.O.O.O.O.O.O.O.O.O.O.O.O.O.O.O.O.O.O.O.O.O.O.O.O.O.O.O.O.O.O.O.O.O.O.O.O.O.O.O.O.O.O.O.O.O.O.O.[Ti].[Ti]. The third-order valence-corrected chi connectivity index (χ3v) is 0. The van der Waals surface area contributed by atoms with E-state index in [2.05, 4.69) is 0 Å². The summed E-state index contributed by atoms with van der Waals surface area (Å²) in [6.45, 7) is 0. The van der Waals surface area contributed by atoms with Gasteiger partial charge in [0.15, 0.2) is 0 Å². The zero-order valence-electron chi connectivity index (χ0n) is 27.0. The molecule has 0 radical (unpaired) electrons. The van der Waals surface area contributed by atoms with Crippen LogP contribution >= 0.6 is 0 Å². The molecule has 0 fully saturated rings. The summed E-state index contributed by atoms with van der Waals surface area (Å²) in [6, 6.07) is 0. The minimum absolute atomic E-state index is 0. The van der Waals surface area contributed by atoms with Gasteiger partial charge in [0.2, 0.25) is 0 Å². The summed E-state index contributed by atoms with van der Waals surface area (Å²) in [6.07, 6.45) is 0. The average molecular weight is 1030 g/mol. The maximum atomic E-state index is 0. The molecule has 0 aromatic heterocycles. The van der Waals surface area contributed by atoms with E-state index >= 15 is 0 Å². The smallest absolute Gasteiger partial charge is 0 e. The Morgan fingerprint density at radius 2 is 0.0370 bits per heavy atom. The van der Waals surface area contributed by atoms with Crippen LogP contribution in [0.2, 0.25) is 0 Å². The maximum absolute atomic E-state index is 0. The normalized spacial score (nSPS) is 0. The van der Waals surface area contributed by atoms with E-state index in [1.165, 1.54) is 0 Å². The van der Waals surface area contributed by atoms with E-state index in [0.717, 1.165) is 0 Å². The predicted molar refractivity (Wildman–Crippen MR) is 188 cm³/mol. The Morgan fingerprint density at radius 1 is 0.0370 bits per heavy atom. The summed E-state index contributed by atoms with van der Waals surface area (Å²) in [5.74, 6) is 0. The fourth-order valence-electron chi connectivity index (χ4n) is 0. The quantitative estimate of drug-likeness (QED) is 0.204. The third-order valence-electron chi connectivity index (χ3n) is 0. The van der Waals surface area contributed by atoms with Crippen molar-refractivity contribution in [1.82, 2.24) is 0 Å². The number of hydrogen-bond acceptors (Lipinski definition) is 0. The van der Waals surface area contributed by atoms with Crippen molar-refractivity contribution in [2.45, 2.75) is 0 Å². The van der Waals surface area contributed by atoms with Crippen molar-refractivity contribution >= 4 is 0 Å². The summed E-state index contributed by atoms with van der Waals surface area (Å²) in [5, 5.41) is 0. The van der Waals surface area contributed by atoms with Gasteiger partial charge in [-0.2, -0.15) is 0 Å². The molecule has 54 heavy (non-hydrogen) atoms. The minimum atomic E-state index is 0. The second-order valence-corrected chi connectivity index (χ2v) is 0. The number of rotatable bonds is 0. The second kappa shape index (κ2) is 325000. The Kier molecular flexibility index (Phi) is 2080000000. The molecule has 0 aliphatic rings. The largest absolute Gasteiger partial charge is 0.412 e. The Morgan fingerprint density at radius 3 is 0.0370 bits per heavy atom. The predicted octanol–water partition coefficient (Wildman–Crippen LogP) is -42.9. The molecule has 52 nitrogen and oxygen atoms in total. The molecule has 0 rings (SSSR count). The van der Waals surface area contributed by atoms with Crippen LogP contribution in [0.25, 0.3) is 0 Å². The molecular weight excluding hydrogens is 928 g/mol. The fraction of sp³-hybridized carbons (Fsp3) is 0. The molecule has 0 atom stereocenters. The Bertz CT molecular complexity index is 12.3. The molecular formula is H104O52Ti2. The van der Waals surface area contributed by atoms with Crippen molar-refractivity contribution in [3.05, 3.63) is 0 Å². The van der Waals surface area contributed by atoms with Gasteiger partial charge in [0.1, 0.15) is 0 Å². The molecule has 0 saturated carbocycles. The van der Waals surface area contributed by atoms with E-state index in [1.807, 2.05) is 0 Å². The van der Waals surface area contributed by atoms with Crippen molar-refractivity contribution in [2.75, 3.05) is 0 Å². The van der Waals surface area contributed by atoms with Crippen molar-refractivity contribution in [3.63, 3.8) is 0 Å². The topological polar surface area (TPSA) is 1640 Å². The van der Waals surface area contributed by atoms with E-state index in [0.29, 0.717) is 0 Å². The van der Waals surface area contributed by atoms with Gasteiger partial charge in [0.25, 0.3) is 0 Å². The van der Waals surface area contributed by atoms with Gasteiger partial charge < -0.3 is 285 Å². The summed E-state index contributed by atoms with van der Waals surface area (Å²) < 4.78 is 0. The van der Waals surface area contributed by atoms with Crippen LogP contribution in [-0.2, 0) is 43.4 Å². The van der Waals surface area contributed by atoms with E-state index in [-0.39, 0.29) is 328 Å². The van der Waals surface area contributed by atoms with Gasteiger partial charge in [-0.25, -0.2) is 0 Å². The van der Waals surface area contributed by atoms with Gasteiger partial charge >= 0.3 is 0 Å². The molecule has 0 amide bonds. The van der Waals surface area contributed by atoms with Crippen LogP contribution in [0.3, 0.4) is 0 Å². The summed E-state index contributed by atoms with van der Waals surface area (Å²) in [5.41, 5.74) is 0. The minimum Gasteiger partial charge on any atom is -0.412 e. The van der Waals surface area contributed by atoms with E-state index in [9.17, 15) is 0 Å². The third kappa shape index (κ3) is 307000. The van der Waals surface area contributed by atoms with Crippen LogP contribution in [-0.4, -0.2) is 285 Å². The van der Waals surface area contributed by atoms with Crippen LogP contribution in [0.5, 0.6) is 0 Å². The molecule has 0 bridgehead atoms. The Balaban J connectivity index is 0. The molecule has 0 heterocycles. The average Bonchev–Trinajstić information content (AvgIpc) is 0. The molecule has 0 spiro atoms. The van der Waals surface area contributed by atoms with Gasteiger partial charge in [-0.1, -0.05) is 0 Å². The first-order chi connectivity index (χ1) is 0.